The van der Waals surface area contributed by atoms with Crippen LogP contribution in [0.2, 0.25) is 0 Å². The molecule has 1 spiro atoms. The molecule has 184 valence electrons. The summed E-state index contributed by atoms with van der Waals surface area (Å²) in [6.45, 7) is 9.00. The van der Waals surface area contributed by atoms with Gasteiger partial charge in [-0.1, -0.05) is 26.3 Å². The van der Waals surface area contributed by atoms with Gasteiger partial charge in [0, 0.05) is 43.3 Å². The van der Waals surface area contributed by atoms with Gasteiger partial charge in [-0.3, -0.25) is 4.79 Å². The van der Waals surface area contributed by atoms with Crippen molar-refractivity contribution in [2.45, 2.75) is 90.3 Å². The predicted octanol–water partition coefficient (Wildman–Crippen LogP) is 4.61. The van der Waals surface area contributed by atoms with Crippen molar-refractivity contribution in [3.63, 3.8) is 0 Å². The molecular weight excluding hydrogens is 420 g/mol. The first-order chi connectivity index (χ1) is 15.7. The van der Waals surface area contributed by atoms with E-state index >= 15 is 0 Å². The Balaban J connectivity index is 1.34. The van der Waals surface area contributed by atoms with E-state index in [9.17, 15) is 4.79 Å². The Morgan fingerprint density at radius 3 is 2.64 bits per heavy atom. The Kier molecular flexibility index (Phi) is 5.13. The lowest BCUT2D eigenvalue weighted by Gasteiger charge is -2.69. The van der Waals surface area contributed by atoms with E-state index in [0.717, 1.165) is 45.1 Å². The lowest BCUT2D eigenvalue weighted by atomic mass is 9.41. The van der Waals surface area contributed by atoms with Crippen LogP contribution < -0.4 is 0 Å². The molecule has 8 atom stereocenters. The second-order valence-corrected chi connectivity index (χ2v) is 12.4. The lowest BCUT2D eigenvalue weighted by Crippen LogP contribution is -2.70. The maximum atomic E-state index is 12.8. The van der Waals surface area contributed by atoms with Gasteiger partial charge in [-0.15, -0.1) is 0 Å². The van der Waals surface area contributed by atoms with E-state index in [4.69, 9.17) is 23.7 Å². The summed E-state index contributed by atoms with van der Waals surface area (Å²) in [5.74, 6) is 0.411. The summed E-state index contributed by atoms with van der Waals surface area (Å²) in [6.07, 6.45) is 10.0. The number of fused-ring (bicyclic) bond motifs is 2. The van der Waals surface area contributed by atoms with E-state index in [1.54, 1.807) is 7.11 Å². The van der Waals surface area contributed by atoms with Crippen molar-refractivity contribution >= 4 is 5.97 Å². The third kappa shape index (κ3) is 3.03. The van der Waals surface area contributed by atoms with Gasteiger partial charge in [0.1, 0.15) is 6.10 Å². The summed E-state index contributed by atoms with van der Waals surface area (Å²) in [5, 5.41) is 0. The van der Waals surface area contributed by atoms with Crippen molar-refractivity contribution in [2.75, 3.05) is 26.9 Å². The van der Waals surface area contributed by atoms with Crippen LogP contribution in [0.3, 0.4) is 0 Å². The third-order valence-corrected chi connectivity index (χ3v) is 10.6. The number of carbonyl (C=O) groups is 1. The van der Waals surface area contributed by atoms with Crippen molar-refractivity contribution in [1.82, 2.24) is 0 Å². The summed E-state index contributed by atoms with van der Waals surface area (Å²) in [7, 11) is 1.77. The maximum absolute atomic E-state index is 12.8. The molecule has 2 saturated carbocycles. The Labute approximate surface area is 197 Å². The van der Waals surface area contributed by atoms with Crippen molar-refractivity contribution in [3.8, 4) is 0 Å². The van der Waals surface area contributed by atoms with Crippen molar-refractivity contribution < 1.29 is 28.5 Å². The van der Waals surface area contributed by atoms with Gasteiger partial charge in [0.05, 0.1) is 13.2 Å². The molecule has 2 bridgehead atoms. The summed E-state index contributed by atoms with van der Waals surface area (Å²) in [5.41, 5.74) is 1.15. The average Bonchev–Trinajstić information content (AvgIpc) is 2.82. The van der Waals surface area contributed by atoms with Gasteiger partial charge >= 0.3 is 5.97 Å². The molecule has 4 heterocycles. The van der Waals surface area contributed by atoms with Gasteiger partial charge < -0.3 is 23.7 Å². The zero-order valence-electron chi connectivity index (χ0n) is 20.7. The van der Waals surface area contributed by atoms with Crippen LogP contribution >= 0.6 is 0 Å². The first kappa shape index (κ1) is 22.5. The molecule has 6 fully saturated rings. The van der Waals surface area contributed by atoms with Crippen LogP contribution in [-0.2, 0) is 28.5 Å². The van der Waals surface area contributed by atoms with Crippen LogP contribution in [0.4, 0.5) is 0 Å². The molecule has 0 aromatic rings. The number of methoxy groups -OCH3 is 1. The number of hydrogen-bond acceptors (Lipinski definition) is 6. The highest BCUT2D eigenvalue weighted by atomic mass is 16.7. The molecule has 3 aliphatic carbocycles. The van der Waals surface area contributed by atoms with E-state index in [1.807, 2.05) is 0 Å². The van der Waals surface area contributed by atoms with E-state index in [-0.39, 0.29) is 40.5 Å². The fourth-order valence-electron chi connectivity index (χ4n) is 8.76. The number of rotatable bonds is 4. The summed E-state index contributed by atoms with van der Waals surface area (Å²) < 4.78 is 30.8. The quantitative estimate of drug-likeness (QED) is 0.451. The van der Waals surface area contributed by atoms with Gasteiger partial charge in [-0.25, -0.2) is 0 Å². The molecule has 0 N–H and O–H groups in total. The molecule has 4 aliphatic heterocycles. The van der Waals surface area contributed by atoms with E-state index in [1.165, 1.54) is 12.0 Å². The van der Waals surface area contributed by atoms with Gasteiger partial charge in [0.2, 0.25) is 0 Å². The molecule has 0 aromatic carbocycles. The van der Waals surface area contributed by atoms with E-state index < -0.39 is 5.79 Å². The highest BCUT2D eigenvalue weighted by Gasteiger charge is 2.70. The van der Waals surface area contributed by atoms with Crippen LogP contribution in [-0.4, -0.2) is 51.1 Å². The SMILES string of the molecule is COC12CCC3(CO1)C(=CC1OC(=O)CC4C1C3CCC4(C)COC1CCCCO1)C2(C)C. The van der Waals surface area contributed by atoms with E-state index in [0.29, 0.717) is 31.5 Å². The van der Waals surface area contributed by atoms with Crippen molar-refractivity contribution in [3.05, 3.63) is 11.6 Å². The predicted molar refractivity (Wildman–Crippen MR) is 121 cm³/mol. The molecule has 6 nitrogen and oxygen atoms in total. The molecule has 6 heteroatoms. The van der Waals surface area contributed by atoms with Crippen molar-refractivity contribution in [2.24, 2.45) is 34.0 Å². The Bertz CT molecular complexity index is 834. The van der Waals surface area contributed by atoms with Crippen LogP contribution in [0.5, 0.6) is 0 Å². The Morgan fingerprint density at radius 2 is 1.94 bits per heavy atom. The Hall–Kier alpha value is -0.950. The lowest BCUT2D eigenvalue weighted by molar-refractivity contribution is -0.348. The average molecular weight is 461 g/mol. The normalized spacial score (nSPS) is 50.1. The van der Waals surface area contributed by atoms with Crippen LogP contribution in [0.1, 0.15) is 72.1 Å². The number of esters is 1. The summed E-state index contributed by atoms with van der Waals surface area (Å²) >= 11 is 0. The maximum Gasteiger partial charge on any atom is 0.306 e. The zero-order chi connectivity index (χ0) is 23.1. The van der Waals surface area contributed by atoms with Crippen molar-refractivity contribution in [1.29, 1.82) is 0 Å². The molecule has 0 amide bonds. The molecular formula is C27H40O6. The second-order valence-electron chi connectivity index (χ2n) is 12.4. The molecule has 7 rings (SSSR count). The fourth-order valence-corrected chi connectivity index (χ4v) is 8.76. The fraction of sp³-hybridized carbons (Fsp3) is 0.889. The third-order valence-electron chi connectivity index (χ3n) is 10.6. The number of carbonyl (C=O) groups excluding carboxylic acids is 1. The summed E-state index contributed by atoms with van der Waals surface area (Å²) in [6, 6.07) is 0. The minimum Gasteiger partial charge on any atom is -0.458 e. The number of hydrogen-bond donors (Lipinski definition) is 0. The molecule has 4 saturated heterocycles. The Morgan fingerprint density at radius 1 is 1.09 bits per heavy atom. The molecule has 33 heavy (non-hydrogen) atoms. The topological polar surface area (TPSA) is 63.2 Å². The largest absolute Gasteiger partial charge is 0.458 e. The zero-order valence-corrected chi connectivity index (χ0v) is 20.7. The smallest absolute Gasteiger partial charge is 0.306 e. The highest BCUT2D eigenvalue weighted by molar-refractivity contribution is 5.71. The monoisotopic (exact) mass is 460 g/mol. The second kappa shape index (κ2) is 7.52. The van der Waals surface area contributed by atoms with Crippen LogP contribution in [0.15, 0.2) is 11.6 Å². The highest BCUT2D eigenvalue weighted by Crippen LogP contribution is 2.71. The van der Waals surface area contributed by atoms with Gasteiger partial charge in [-0.2, -0.15) is 0 Å². The number of ether oxygens (including phenoxy) is 5. The van der Waals surface area contributed by atoms with Gasteiger partial charge in [-0.05, 0) is 61.9 Å². The standard InChI is InChI=1S/C27H40O6/c1-24(2)20-14-19-23-17(26(20)10-11-27(24,29-4)32-16-26)8-9-25(3,18(23)13-21(28)33-19)15-31-22-7-5-6-12-30-22/h14,17-19,22-23H,5-13,15-16H2,1-4H3. The summed E-state index contributed by atoms with van der Waals surface area (Å²) in [4.78, 5) is 12.8. The first-order valence-electron chi connectivity index (χ1n) is 13.1. The van der Waals surface area contributed by atoms with Gasteiger partial charge in [0.15, 0.2) is 12.1 Å². The molecule has 0 radical (unpaired) electrons. The van der Waals surface area contributed by atoms with Crippen LogP contribution in [0.25, 0.3) is 0 Å². The van der Waals surface area contributed by atoms with Gasteiger partial charge in [0.25, 0.3) is 0 Å². The molecule has 8 unspecified atom stereocenters. The minimum absolute atomic E-state index is 0.0294. The van der Waals surface area contributed by atoms with E-state index in [2.05, 4.69) is 26.8 Å². The van der Waals surface area contributed by atoms with Crippen LogP contribution in [0, 0.1) is 34.0 Å². The first-order valence-corrected chi connectivity index (χ1v) is 13.1. The molecule has 0 aromatic heterocycles. The minimum atomic E-state index is -0.581. The molecule has 7 aliphatic rings.